The third-order valence-corrected chi connectivity index (χ3v) is 4.71. The topological polar surface area (TPSA) is 74.7 Å². The van der Waals surface area contributed by atoms with Gasteiger partial charge in [0.2, 0.25) is 5.91 Å². The van der Waals surface area contributed by atoms with Gasteiger partial charge < -0.3 is 5.11 Å². The first-order chi connectivity index (χ1) is 11.8. The Kier molecular flexibility index (Phi) is 9.70. The SMILES string of the molecule is C[C@H](CCC(=O)c1cccc(CCCCCC(=O)N(C)I)c1)C(=O)O. The third-order valence-electron chi connectivity index (χ3n) is 4.17. The van der Waals surface area contributed by atoms with Gasteiger partial charge in [-0.1, -0.05) is 31.5 Å². The molecule has 1 aromatic carbocycles. The van der Waals surface area contributed by atoms with Crippen LogP contribution in [0.15, 0.2) is 24.3 Å². The number of hydrogen-bond donors (Lipinski definition) is 1. The van der Waals surface area contributed by atoms with E-state index in [-0.39, 0.29) is 18.1 Å². The van der Waals surface area contributed by atoms with Gasteiger partial charge in [0.05, 0.1) is 28.8 Å². The summed E-state index contributed by atoms with van der Waals surface area (Å²) in [6.45, 7) is 1.62. The fraction of sp³-hybridized carbons (Fsp3) is 0.526. The lowest BCUT2D eigenvalue weighted by Gasteiger charge is -2.08. The highest BCUT2D eigenvalue weighted by Gasteiger charge is 2.14. The molecule has 0 saturated carbocycles. The molecule has 0 unspecified atom stereocenters. The second-order valence-corrected chi connectivity index (χ2v) is 7.78. The zero-order valence-corrected chi connectivity index (χ0v) is 17.0. The fourth-order valence-corrected chi connectivity index (χ4v) is 2.69. The van der Waals surface area contributed by atoms with Crippen molar-refractivity contribution in [3.05, 3.63) is 35.4 Å². The minimum atomic E-state index is -0.867. The summed E-state index contributed by atoms with van der Waals surface area (Å²) in [7, 11) is 1.75. The Hall–Kier alpha value is -1.44. The van der Waals surface area contributed by atoms with E-state index in [1.54, 1.807) is 23.2 Å². The van der Waals surface area contributed by atoms with Crippen molar-refractivity contribution in [1.82, 2.24) is 3.11 Å². The first-order valence-electron chi connectivity index (χ1n) is 8.58. The molecule has 6 heteroatoms. The summed E-state index contributed by atoms with van der Waals surface area (Å²) in [5.41, 5.74) is 1.76. The number of hydrogen-bond acceptors (Lipinski definition) is 3. The minimum Gasteiger partial charge on any atom is -0.481 e. The van der Waals surface area contributed by atoms with Crippen molar-refractivity contribution in [3.63, 3.8) is 0 Å². The van der Waals surface area contributed by atoms with Crippen LogP contribution in [0.1, 0.15) is 61.4 Å². The Morgan fingerprint density at radius 3 is 2.52 bits per heavy atom. The Morgan fingerprint density at radius 2 is 1.88 bits per heavy atom. The maximum Gasteiger partial charge on any atom is 0.306 e. The molecule has 138 valence electrons. The molecule has 0 aliphatic heterocycles. The molecule has 1 N–H and O–H groups in total. The number of nitrogens with zero attached hydrogens (tertiary/aromatic N) is 1. The highest BCUT2D eigenvalue weighted by atomic mass is 127. The lowest BCUT2D eigenvalue weighted by molar-refractivity contribution is -0.141. The van der Waals surface area contributed by atoms with Gasteiger partial charge in [0.25, 0.3) is 0 Å². The Balaban J connectivity index is 2.40. The van der Waals surface area contributed by atoms with E-state index in [4.69, 9.17) is 5.11 Å². The van der Waals surface area contributed by atoms with Crippen molar-refractivity contribution in [2.45, 2.75) is 51.9 Å². The molecule has 0 bridgehead atoms. The molecular weight excluding hydrogens is 433 g/mol. The van der Waals surface area contributed by atoms with Gasteiger partial charge >= 0.3 is 5.97 Å². The number of unbranched alkanes of at least 4 members (excludes halogenated alkanes) is 2. The van der Waals surface area contributed by atoms with E-state index in [0.717, 1.165) is 31.2 Å². The number of rotatable bonds is 11. The predicted molar refractivity (Wildman–Crippen MR) is 106 cm³/mol. The number of aryl methyl sites for hydroxylation is 1. The molecule has 0 spiro atoms. The highest BCUT2D eigenvalue weighted by Crippen LogP contribution is 2.15. The van der Waals surface area contributed by atoms with Crippen LogP contribution in [0.3, 0.4) is 0 Å². The third kappa shape index (κ3) is 8.47. The van der Waals surface area contributed by atoms with Gasteiger partial charge in [0.15, 0.2) is 5.78 Å². The van der Waals surface area contributed by atoms with E-state index in [9.17, 15) is 14.4 Å². The van der Waals surface area contributed by atoms with Gasteiger partial charge in [-0.15, -0.1) is 0 Å². The molecule has 1 aromatic rings. The van der Waals surface area contributed by atoms with Crippen molar-refractivity contribution >= 4 is 40.5 Å². The van der Waals surface area contributed by atoms with Crippen LogP contribution in [-0.2, 0) is 16.0 Å². The summed E-state index contributed by atoms with van der Waals surface area (Å²) in [4.78, 5) is 34.5. The van der Waals surface area contributed by atoms with E-state index in [2.05, 4.69) is 0 Å². The number of carboxylic acid groups (broad SMARTS) is 1. The predicted octanol–water partition coefficient (Wildman–Crippen LogP) is 4.28. The zero-order valence-electron chi connectivity index (χ0n) is 14.8. The van der Waals surface area contributed by atoms with E-state index in [1.165, 1.54) is 0 Å². The minimum absolute atomic E-state index is 0.00868. The van der Waals surface area contributed by atoms with Gasteiger partial charge in [0.1, 0.15) is 0 Å². The Bertz CT molecular complexity index is 601. The maximum atomic E-state index is 12.2. The molecule has 25 heavy (non-hydrogen) atoms. The molecule has 1 atom stereocenters. The summed E-state index contributed by atoms with van der Waals surface area (Å²) >= 11 is 1.98. The molecule has 0 aliphatic rings. The van der Waals surface area contributed by atoms with Crippen LogP contribution in [0.25, 0.3) is 0 Å². The number of carbonyl (C=O) groups excluding carboxylic acids is 2. The average Bonchev–Trinajstić information content (AvgIpc) is 2.58. The fourth-order valence-electron chi connectivity index (χ4n) is 2.45. The Labute approximate surface area is 163 Å². The number of ketones is 1. The summed E-state index contributed by atoms with van der Waals surface area (Å²) in [6.07, 6.45) is 4.88. The molecule has 0 radical (unpaired) electrons. The van der Waals surface area contributed by atoms with Crippen LogP contribution < -0.4 is 0 Å². The van der Waals surface area contributed by atoms with Gasteiger partial charge in [0, 0.05) is 25.5 Å². The molecule has 0 heterocycles. The number of Topliss-reactive ketones (excluding diaryl/α,β-unsaturated/α-hetero) is 1. The number of carboxylic acids is 1. The lowest BCUT2D eigenvalue weighted by Crippen LogP contribution is -2.14. The van der Waals surface area contributed by atoms with Crippen LogP contribution in [0.2, 0.25) is 0 Å². The maximum absolute atomic E-state index is 12.2. The average molecular weight is 459 g/mol. The van der Waals surface area contributed by atoms with Gasteiger partial charge in [-0.2, -0.15) is 0 Å². The normalized spacial score (nSPS) is 11.8. The quantitative estimate of drug-likeness (QED) is 0.232. The second kappa shape index (κ2) is 11.2. The Morgan fingerprint density at radius 1 is 1.16 bits per heavy atom. The van der Waals surface area contributed by atoms with E-state index in [1.807, 2.05) is 41.1 Å². The molecule has 0 saturated heterocycles. The molecule has 5 nitrogen and oxygen atoms in total. The van der Waals surface area contributed by atoms with Crippen LogP contribution in [-0.4, -0.2) is 32.9 Å². The summed E-state index contributed by atoms with van der Waals surface area (Å²) < 4.78 is 1.58. The molecule has 1 amide bonds. The van der Waals surface area contributed by atoms with Crippen LogP contribution in [0.4, 0.5) is 0 Å². The highest BCUT2D eigenvalue weighted by molar-refractivity contribution is 14.1. The number of aliphatic carboxylic acids is 1. The first-order valence-corrected chi connectivity index (χ1v) is 9.55. The smallest absolute Gasteiger partial charge is 0.306 e. The molecule has 0 aromatic heterocycles. The van der Waals surface area contributed by atoms with E-state index in [0.29, 0.717) is 18.4 Å². The number of benzene rings is 1. The number of amides is 1. The summed E-state index contributed by atoms with van der Waals surface area (Å²) in [5, 5.41) is 8.88. The molecule has 0 fully saturated rings. The second-order valence-electron chi connectivity index (χ2n) is 6.33. The number of halogens is 1. The lowest BCUT2D eigenvalue weighted by atomic mass is 9.97. The zero-order chi connectivity index (χ0) is 18.8. The van der Waals surface area contributed by atoms with E-state index < -0.39 is 11.9 Å². The van der Waals surface area contributed by atoms with Crippen molar-refractivity contribution in [1.29, 1.82) is 0 Å². The van der Waals surface area contributed by atoms with Crippen LogP contribution >= 0.6 is 22.9 Å². The van der Waals surface area contributed by atoms with Crippen molar-refractivity contribution in [3.8, 4) is 0 Å². The van der Waals surface area contributed by atoms with Crippen molar-refractivity contribution < 1.29 is 19.5 Å². The van der Waals surface area contributed by atoms with Gasteiger partial charge in [-0.3, -0.25) is 17.5 Å². The standard InChI is InChI=1S/C19H26INO4/c1-14(19(24)25)11-12-17(22)16-9-6-8-15(13-16)7-4-3-5-10-18(23)21(2)20/h6,8-9,13-14H,3-5,7,10-12H2,1-2H3,(H,24,25)/t14-/m1/s1. The molecule has 1 rings (SSSR count). The number of carbonyl (C=O) groups is 3. The van der Waals surface area contributed by atoms with Gasteiger partial charge in [-0.05, 0) is 37.3 Å². The summed E-state index contributed by atoms with van der Waals surface area (Å²) in [5.74, 6) is -1.24. The van der Waals surface area contributed by atoms with Crippen molar-refractivity contribution in [2.24, 2.45) is 5.92 Å². The summed E-state index contributed by atoms with van der Waals surface area (Å²) in [6, 6.07) is 7.56. The largest absolute Gasteiger partial charge is 0.481 e. The van der Waals surface area contributed by atoms with Crippen molar-refractivity contribution in [2.75, 3.05) is 7.05 Å². The van der Waals surface area contributed by atoms with Gasteiger partial charge in [-0.25, -0.2) is 0 Å². The van der Waals surface area contributed by atoms with Crippen LogP contribution in [0, 0.1) is 5.92 Å². The van der Waals surface area contributed by atoms with E-state index >= 15 is 0 Å². The molecule has 0 aliphatic carbocycles. The first kappa shape index (κ1) is 21.6. The molecular formula is C19H26INO4. The van der Waals surface area contributed by atoms with Crippen LogP contribution in [0.5, 0.6) is 0 Å². The monoisotopic (exact) mass is 459 g/mol.